The summed E-state index contributed by atoms with van der Waals surface area (Å²) in [6.45, 7) is -0.108. The minimum absolute atomic E-state index is 0.0199. The molecular formula is C9H9NO5. The van der Waals surface area contributed by atoms with Gasteiger partial charge in [0.2, 0.25) is 5.75 Å². The van der Waals surface area contributed by atoms with Crippen molar-refractivity contribution in [2.45, 2.75) is 0 Å². The van der Waals surface area contributed by atoms with E-state index in [2.05, 4.69) is 4.74 Å². The van der Waals surface area contributed by atoms with Crippen molar-refractivity contribution in [3.05, 3.63) is 33.9 Å². The summed E-state index contributed by atoms with van der Waals surface area (Å²) in [7, 11) is 1.40. The molecule has 0 spiro atoms. The third kappa shape index (κ3) is 2.75. The van der Waals surface area contributed by atoms with Gasteiger partial charge in [0.05, 0.1) is 4.92 Å². The normalized spacial score (nSPS) is 9.67. The van der Waals surface area contributed by atoms with E-state index in [1.165, 1.54) is 25.3 Å². The standard InChI is InChI=1S/C9H9NO5/c1-14-6-15-9-4-7(5-11)2-3-8(9)10(12)13/h2-5H,6H2,1H3. The number of nitrogens with zero attached hydrogens (tertiary/aromatic N) is 1. The van der Waals surface area contributed by atoms with Crippen molar-refractivity contribution in [3.8, 4) is 5.75 Å². The Morgan fingerprint density at radius 3 is 2.80 bits per heavy atom. The van der Waals surface area contributed by atoms with E-state index in [1.54, 1.807) is 0 Å². The van der Waals surface area contributed by atoms with E-state index in [4.69, 9.17) is 4.74 Å². The van der Waals surface area contributed by atoms with Gasteiger partial charge in [0, 0.05) is 18.7 Å². The number of nitro benzene ring substituents is 1. The maximum Gasteiger partial charge on any atom is 0.311 e. The van der Waals surface area contributed by atoms with Gasteiger partial charge in [-0.1, -0.05) is 0 Å². The molecule has 0 aliphatic carbocycles. The van der Waals surface area contributed by atoms with Crippen LogP contribution >= 0.6 is 0 Å². The lowest BCUT2D eigenvalue weighted by molar-refractivity contribution is -0.386. The Hall–Kier alpha value is -1.95. The molecule has 0 atom stereocenters. The van der Waals surface area contributed by atoms with E-state index in [1.807, 2.05) is 0 Å². The van der Waals surface area contributed by atoms with E-state index in [0.717, 1.165) is 0 Å². The summed E-state index contributed by atoms with van der Waals surface area (Å²) in [5, 5.41) is 10.6. The molecular weight excluding hydrogens is 202 g/mol. The number of rotatable bonds is 5. The first-order chi connectivity index (χ1) is 7.19. The molecule has 1 aromatic rings. The van der Waals surface area contributed by atoms with Gasteiger partial charge >= 0.3 is 5.69 Å². The highest BCUT2D eigenvalue weighted by Gasteiger charge is 2.15. The van der Waals surface area contributed by atoms with Gasteiger partial charge in [-0.3, -0.25) is 14.9 Å². The first-order valence-electron chi connectivity index (χ1n) is 4.04. The summed E-state index contributed by atoms with van der Waals surface area (Å²) in [6.07, 6.45) is 0.587. The van der Waals surface area contributed by atoms with Crippen LogP contribution in [0.1, 0.15) is 10.4 Å². The first-order valence-corrected chi connectivity index (χ1v) is 4.04. The van der Waals surface area contributed by atoms with Gasteiger partial charge in [0.25, 0.3) is 0 Å². The number of carbonyl (C=O) groups excluding carboxylic acids is 1. The molecule has 6 heteroatoms. The SMILES string of the molecule is COCOc1cc(C=O)ccc1[N+](=O)[O-]. The molecule has 15 heavy (non-hydrogen) atoms. The first kappa shape index (κ1) is 11.1. The van der Waals surface area contributed by atoms with E-state index < -0.39 is 4.92 Å². The zero-order valence-corrected chi connectivity index (χ0v) is 8.00. The second kappa shape index (κ2) is 5.06. The van der Waals surface area contributed by atoms with Crippen molar-refractivity contribution >= 4 is 12.0 Å². The van der Waals surface area contributed by atoms with Crippen LogP contribution in [-0.4, -0.2) is 25.1 Å². The van der Waals surface area contributed by atoms with E-state index in [0.29, 0.717) is 11.8 Å². The number of hydrogen-bond donors (Lipinski definition) is 0. The molecule has 0 amide bonds. The molecule has 0 N–H and O–H groups in total. The van der Waals surface area contributed by atoms with Crippen molar-refractivity contribution in [2.75, 3.05) is 13.9 Å². The summed E-state index contributed by atoms with van der Waals surface area (Å²) < 4.78 is 9.59. The number of nitro groups is 1. The zero-order chi connectivity index (χ0) is 11.3. The van der Waals surface area contributed by atoms with Crippen molar-refractivity contribution < 1.29 is 19.2 Å². The molecule has 0 aliphatic heterocycles. The number of benzene rings is 1. The highest BCUT2D eigenvalue weighted by atomic mass is 16.7. The third-order valence-corrected chi connectivity index (χ3v) is 1.65. The largest absolute Gasteiger partial charge is 0.460 e. The number of methoxy groups -OCH3 is 1. The van der Waals surface area contributed by atoms with Crippen molar-refractivity contribution in [1.82, 2.24) is 0 Å². The fraction of sp³-hybridized carbons (Fsp3) is 0.222. The average Bonchev–Trinajstić information content (AvgIpc) is 2.25. The van der Waals surface area contributed by atoms with Gasteiger partial charge in [0.1, 0.15) is 6.29 Å². The van der Waals surface area contributed by atoms with Crippen molar-refractivity contribution in [3.63, 3.8) is 0 Å². The highest BCUT2D eigenvalue weighted by molar-refractivity contribution is 5.76. The number of carbonyl (C=O) groups is 1. The summed E-state index contributed by atoms with van der Waals surface area (Å²) >= 11 is 0. The molecule has 1 rings (SSSR count). The van der Waals surface area contributed by atoms with E-state index in [9.17, 15) is 14.9 Å². The fourth-order valence-electron chi connectivity index (χ4n) is 0.993. The predicted molar refractivity (Wildman–Crippen MR) is 51.0 cm³/mol. The van der Waals surface area contributed by atoms with Crippen LogP contribution in [0.15, 0.2) is 18.2 Å². The van der Waals surface area contributed by atoms with E-state index >= 15 is 0 Å². The maximum absolute atomic E-state index is 10.6. The molecule has 0 bridgehead atoms. The highest BCUT2D eigenvalue weighted by Crippen LogP contribution is 2.27. The second-order valence-corrected chi connectivity index (χ2v) is 2.65. The second-order valence-electron chi connectivity index (χ2n) is 2.65. The van der Waals surface area contributed by atoms with Gasteiger partial charge in [-0.2, -0.15) is 0 Å². The van der Waals surface area contributed by atoms with Crippen LogP contribution in [0.25, 0.3) is 0 Å². The summed E-state index contributed by atoms with van der Waals surface area (Å²) in [4.78, 5) is 20.5. The third-order valence-electron chi connectivity index (χ3n) is 1.65. The fourth-order valence-corrected chi connectivity index (χ4v) is 0.993. The molecule has 6 nitrogen and oxygen atoms in total. The van der Waals surface area contributed by atoms with Gasteiger partial charge in [0.15, 0.2) is 6.79 Å². The van der Waals surface area contributed by atoms with Gasteiger partial charge in [-0.05, 0) is 12.1 Å². The monoisotopic (exact) mass is 211 g/mol. The van der Waals surface area contributed by atoms with Gasteiger partial charge < -0.3 is 9.47 Å². The van der Waals surface area contributed by atoms with Crippen LogP contribution in [0.2, 0.25) is 0 Å². The van der Waals surface area contributed by atoms with Crippen molar-refractivity contribution in [2.24, 2.45) is 0 Å². The molecule has 80 valence electrons. The Morgan fingerprint density at radius 1 is 1.53 bits per heavy atom. The number of hydrogen-bond acceptors (Lipinski definition) is 5. The maximum atomic E-state index is 10.6. The zero-order valence-electron chi connectivity index (χ0n) is 8.00. The van der Waals surface area contributed by atoms with Crippen LogP contribution < -0.4 is 4.74 Å². The molecule has 0 radical (unpaired) electrons. The lowest BCUT2D eigenvalue weighted by Gasteiger charge is -2.05. The Kier molecular flexibility index (Phi) is 3.75. The molecule has 0 unspecified atom stereocenters. The predicted octanol–water partition coefficient (Wildman–Crippen LogP) is 1.39. The molecule has 0 aliphatic rings. The molecule has 0 saturated carbocycles. The Balaban J connectivity index is 3.04. The Bertz CT molecular complexity index is 377. The number of ether oxygens (including phenoxy) is 2. The summed E-state index contributed by atoms with van der Waals surface area (Å²) in [5.41, 5.74) is 0.115. The molecule has 0 saturated heterocycles. The minimum Gasteiger partial charge on any atom is -0.460 e. The topological polar surface area (TPSA) is 78.7 Å². The lowest BCUT2D eigenvalue weighted by atomic mass is 10.2. The summed E-state index contributed by atoms with van der Waals surface area (Å²) in [5.74, 6) is 0.0199. The van der Waals surface area contributed by atoms with Gasteiger partial charge in [-0.25, -0.2) is 0 Å². The van der Waals surface area contributed by atoms with Crippen LogP contribution in [0, 0.1) is 10.1 Å². The van der Waals surface area contributed by atoms with Gasteiger partial charge in [-0.15, -0.1) is 0 Å². The van der Waals surface area contributed by atoms with Crippen LogP contribution in [0.3, 0.4) is 0 Å². The van der Waals surface area contributed by atoms with Crippen LogP contribution in [0.4, 0.5) is 5.69 Å². The van der Waals surface area contributed by atoms with Crippen LogP contribution in [-0.2, 0) is 4.74 Å². The van der Waals surface area contributed by atoms with Crippen LogP contribution in [0.5, 0.6) is 5.75 Å². The van der Waals surface area contributed by atoms with Crippen molar-refractivity contribution in [1.29, 1.82) is 0 Å². The Labute approximate surface area is 85.6 Å². The molecule has 0 fully saturated rings. The minimum atomic E-state index is -0.584. The summed E-state index contributed by atoms with van der Waals surface area (Å²) in [6, 6.07) is 3.86. The Morgan fingerprint density at radius 2 is 2.27 bits per heavy atom. The molecule has 1 aromatic carbocycles. The molecule has 0 aromatic heterocycles. The quantitative estimate of drug-likeness (QED) is 0.318. The lowest BCUT2D eigenvalue weighted by Crippen LogP contribution is -2.02. The van der Waals surface area contributed by atoms with E-state index in [-0.39, 0.29) is 18.2 Å². The smallest absolute Gasteiger partial charge is 0.311 e. The number of aldehydes is 1. The molecule has 0 heterocycles. The average molecular weight is 211 g/mol.